The van der Waals surface area contributed by atoms with Crippen molar-refractivity contribution in [3.8, 4) is 0 Å². The van der Waals surface area contributed by atoms with Gasteiger partial charge in [0.05, 0.1) is 4.92 Å². The van der Waals surface area contributed by atoms with Crippen molar-refractivity contribution in [2.24, 2.45) is 5.92 Å². The molecule has 0 aromatic heterocycles. The maximum absolute atomic E-state index is 12.0. The molecule has 0 saturated heterocycles. The highest BCUT2D eigenvalue weighted by Gasteiger charge is 2.15. The third-order valence-electron chi connectivity index (χ3n) is 2.85. The Bertz CT molecular complexity index is 489. The van der Waals surface area contributed by atoms with E-state index in [1.54, 1.807) is 6.92 Å². The molecule has 5 nitrogen and oxygen atoms in total. The van der Waals surface area contributed by atoms with Crippen LogP contribution in [0.5, 0.6) is 0 Å². The van der Waals surface area contributed by atoms with Crippen LogP contribution in [0, 0.1) is 23.0 Å². The van der Waals surface area contributed by atoms with E-state index in [1.807, 2.05) is 0 Å². The van der Waals surface area contributed by atoms with E-state index < -0.39 is 4.92 Å². The fourth-order valence-corrected chi connectivity index (χ4v) is 1.70. The fourth-order valence-electron chi connectivity index (χ4n) is 1.54. The Morgan fingerprint density at radius 2 is 2.11 bits per heavy atom. The average Bonchev–Trinajstić information content (AvgIpc) is 2.34. The van der Waals surface area contributed by atoms with Crippen LogP contribution in [0.4, 0.5) is 5.69 Å². The van der Waals surface area contributed by atoms with Gasteiger partial charge >= 0.3 is 0 Å². The summed E-state index contributed by atoms with van der Waals surface area (Å²) >= 11 is 3.49. The number of rotatable bonds is 5. The van der Waals surface area contributed by atoms with Gasteiger partial charge in [-0.15, -0.1) is 0 Å². The summed E-state index contributed by atoms with van der Waals surface area (Å²) in [7, 11) is 0. The molecule has 0 saturated carbocycles. The number of nitrogens with one attached hydrogen (secondary N) is 1. The number of benzene rings is 1. The smallest absolute Gasteiger partial charge is 0.269 e. The molecule has 1 rings (SSSR count). The van der Waals surface area contributed by atoms with Gasteiger partial charge in [-0.3, -0.25) is 14.9 Å². The van der Waals surface area contributed by atoms with Gasteiger partial charge < -0.3 is 5.32 Å². The lowest BCUT2D eigenvalue weighted by atomic mass is 10.1. The minimum Gasteiger partial charge on any atom is -0.351 e. The molecule has 0 bridgehead atoms. The van der Waals surface area contributed by atoms with Gasteiger partial charge in [0.25, 0.3) is 11.6 Å². The van der Waals surface area contributed by atoms with E-state index >= 15 is 0 Å². The minimum atomic E-state index is -0.470. The molecule has 19 heavy (non-hydrogen) atoms. The molecule has 0 fully saturated rings. The first-order valence-corrected chi connectivity index (χ1v) is 6.91. The zero-order chi connectivity index (χ0) is 14.6. The number of hydrogen-bond donors (Lipinski definition) is 1. The molecule has 0 spiro atoms. The SMILES string of the molecule is Cc1cc([N+](=O)[O-])ccc1C(=O)NCC(Br)C(C)C. The van der Waals surface area contributed by atoms with E-state index in [1.165, 1.54) is 18.2 Å². The second kappa shape index (κ2) is 6.65. The Balaban J connectivity index is 2.75. The summed E-state index contributed by atoms with van der Waals surface area (Å²) in [6.07, 6.45) is 0. The first-order chi connectivity index (χ1) is 8.82. The number of carbonyl (C=O) groups excluding carboxylic acids is 1. The van der Waals surface area contributed by atoms with E-state index in [0.29, 0.717) is 23.6 Å². The lowest BCUT2D eigenvalue weighted by Crippen LogP contribution is -2.32. The average molecular weight is 329 g/mol. The third kappa shape index (κ3) is 4.31. The highest BCUT2D eigenvalue weighted by molar-refractivity contribution is 9.09. The molecule has 1 atom stereocenters. The maximum atomic E-state index is 12.0. The first kappa shape index (κ1) is 15.6. The molecule has 0 aliphatic rings. The Hall–Kier alpha value is -1.43. The molecule has 104 valence electrons. The van der Waals surface area contributed by atoms with E-state index in [0.717, 1.165) is 0 Å². The van der Waals surface area contributed by atoms with Gasteiger partial charge in [0.1, 0.15) is 0 Å². The van der Waals surface area contributed by atoms with E-state index in [4.69, 9.17) is 0 Å². The van der Waals surface area contributed by atoms with Gasteiger partial charge in [-0.25, -0.2) is 0 Å². The number of nitrogens with zero attached hydrogens (tertiary/aromatic N) is 1. The number of halogens is 1. The van der Waals surface area contributed by atoms with Gasteiger partial charge in [-0.1, -0.05) is 29.8 Å². The second-order valence-corrected chi connectivity index (χ2v) is 5.90. The van der Waals surface area contributed by atoms with Crippen molar-refractivity contribution in [2.45, 2.75) is 25.6 Å². The molecule has 1 aromatic rings. The third-order valence-corrected chi connectivity index (χ3v) is 4.23. The van der Waals surface area contributed by atoms with Crippen molar-refractivity contribution in [3.63, 3.8) is 0 Å². The Morgan fingerprint density at radius 1 is 1.47 bits per heavy atom. The number of alkyl halides is 1. The van der Waals surface area contributed by atoms with Gasteiger partial charge in [0, 0.05) is 29.1 Å². The number of aryl methyl sites for hydroxylation is 1. The molecule has 0 aliphatic heterocycles. The molecule has 1 amide bonds. The number of amides is 1. The fraction of sp³-hybridized carbons (Fsp3) is 0.462. The maximum Gasteiger partial charge on any atom is 0.269 e. The minimum absolute atomic E-state index is 0.00500. The Labute approximate surface area is 120 Å². The Morgan fingerprint density at radius 3 is 2.58 bits per heavy atom. The topological polar surface area (TPSA) is 72.2 Å². The molecule has 1 aromatic carbocycles. The highest BCUT2D eigenvalue weighted by atomic mass is 79.9. The summed E-state index contributed by atoms with van der Waals surface area (Å²) in [6, 6.07) is 4.24. The predicted molar refractivity (Wildman–Crippen MR) is 77.7 cm³/mol. The quantitative estimate of drug-likeness (QED) is 0.513. The van der Waals surface area contributed by atoms with Gasteiger partial charge in [-0.05, 0) is 24.5 Å². The van der Waals surface area contributed by atoms with Crippen LogP contribution in [0.15, 0.2) is 18.2 Å². The van der Waals surface area contributed by atoms with E-state index in [2.05, 4.69) is 35.1 Å². The number of nitro benzene ring substituents is 1. The van der Waals surface area contributed by atoms with Crippen LogP contribution >= 0.6 is 15.9 Å². The highest BCUT2D eigenvalue weighted by Crippen LogP contribution is 2.17. The van der Waals surface area contributed by atoms with Crippen molar-refractivity contribution in [1.29, 1.82) is 0 Å². The summed E-state index contributed by atoms with van der Waals surface area (Å²) in [5, 5.41) is 13.4. The molecule has 0 radical (unpaired) electrons. The summed E-state index contributed by atoms with van der Waals surface area (Å²) < 4.78 is 0. The van der Waals surface area contributed by atoms with Crippen molar-refractivity contribution in [1.82, 2.24) is 5.32 Å². The Kier molecular flexibility index (Phi) is 5.47. The van der Waals surface area contributed by atoms with Crippen LogP contribution < -0.4 is 5.32 Å². The number of nitro groups is 1. The van der Waals surface area contributed by atoms with Crippen LogP contribution in [0.25, 0.3) is 0 Å². The molecule has 1 N–H and O–H groups in total. The standard InChI is InChI=1S/C13H17BrN2O3/c1-8(2)12(14)7-15-13(17)11-5-4-10(16(18)19)6-9(11)3/h4-6,8,12H,7H2,1-3H3,(H,15,17). The second-order valence-electron chi connectivity index (χ2n) is 4.73. The molecule has 0 aliphatic carbocycles. The predicted octanol–water partition coefficient (Wildman–Crippen LogP) is 3.05. The number of non-ortho nitro benzene ring substituents is 1. The molecule has 1 unspecified atom stereocenters. The monoisotopic (exact) mass is 328 g/mol. The number of carbonyl (C=O) groups is 1. The number of hydrogen-bond acceptors (Lipinski definition) is 3. The first-order valence-electron chi connectivity index (χ1n) is 6.00. The van der Waals surface area contributed by atoms with Crippen LogP contribution in [-0.2, 0) is 0 Å². The van der Waals surface area contributed by atoms with E-state index in [-0.39, 0.29) is 16.4 Å². The van der Waals surface area contributed by atoms with Crippen molar-refractivity contribution < 1.29 is 9.72 Å². The summed E-state index contributed by atoms with van der Waals surface area (Å²) in [4.78, 5) is 22.3. The van der Waals surface area contributed by atoms with E-state index in [9.17, 15) is 14.9 Å². The zero-order valence-corrected chi connectivity index (χ0v) is 12.7. The summed E-state index contributed by atoms with van der Waals surface area (Å²) in [6.45, 7) is 6.33. The van der Waals surface area contributed by atoms with Gasteiger partial charge in [-0.2, -0.15) is 0 Å². The van der Waals surface area contributed by atoms with Gasteiger partial charge in [0.15, 0.2) is 0 Å². The lowest BCUT2D eigenvalue weighted by molar-refractivity contribution is -0.384. The van der Waals surface area contributed by atoms with Gasteiger partial charge in [0.2, 0.25) is 0 Å². The largest absolute Gasteiger partial charge is 0.351 e. The van der Waals surface area contributed by atoms with Crippen molar-refractivity contribution in [3.05, 3.63) is 39.4 Å². The zero-order valence-electron chi connectivity index (χ0n) is 11.1. The summed E-state index contributed by atoms with van der Waals surface area (Å²) in [5.74, 6) is 0.204. The van der Waals surface area contributed by atoms with Crippen molar-refractivity contribution in [2.75, 3.05) is 6.54 Å². The van der Waals surface area contributed by atoms with Crippen LogP contribution in [0.1, 0.15) is 29.8 Å². The van der Waals surface area contributed by atoms with Crippen LogP contribution in [-0.4, -0.2) is 22.2 Å². The van der Waals surface area contributed by atoms with Crippen LogP contribution in [0.2, 0.25) is 0 Å². The molecule has 6 heteroatoms. The van der Waals surface area contributed by atoms with Crippen LogP contribution in [0.3, 0.4) is 0 Å². The lowest BCUT2D eigenvalue weighted by Gasteiger charge is -2.15. The molecular weight excluding hydrogens is 312 g/mol. The summed E-state index contributed by atoms with van der Waals surface area (Å²) in [5.41, 5.74) is 1.06. The molecule has 0 heterocycles. The van der Waals surface area contributed by atoms with Crippen molar-refractivity contribution >= 4 is 27.5 Å². The normalized spacial score (nSPS) is 12.3. The molecular formula is C13H17BrN2O3.